The Hall–Kier alpha value is -0.380. The highest BCUT2D eigenvalue weighted by Gasteiger charge is 2.12. The van der Waals surface area contributed by atoms with Crippen LogP contribution in [0.3, 0.4) is 0 Å². The summed E-state index contributed by atoms with van der Waals surface area (Å²) in [5, 5.41) is 3.35. The molecule has 1 aliphatic rings. The van der Waals surface area contributed by atoms with Gasteiger partial charge in [0.1, 0.15) is 0 Å². The van der Waals surface area contributed by atoms with E-state index in [9.17, 15) is 0 Å². The third kappa shape index (κ3) is 3.59. The van der Waals surface area contributed by atoms with Crippen molar-refractivity contribution in [2.24, 2.45) is 0 Å². The van der Waals surface area contributed by atoms with Crippen LogP contribution in [0.2, 0.25) is 0 Å². The molecule has 1 aromatic rings. The molecule has 0 aromatic heterocycles. The summed E-state index contributed by atoms with van der Waals surface area (Å²) in [6, 6.07) is 8.48. The number of aryl methyl sites for hydroxylation is 1. The van der Waals surface area contributed by atoms with Crippen molar-refractivity contribution in [1.82, 2.24) is 5.32 Å². The minimum Gasteiger partial charge on any atom is -0.376 e. The van der Waals surface area contributed by atoms with E-state index in [4.69, 9.17) is 4.74 Å². The molecule has 82 valence electrons. The fourth-order valence-corrected chi connectivity index (χ4v) is 2.27. The van der Waals surface area contributed by atoms with Crippen molar-refractivity contribution in [2.75, 3.05) is 19.7 Å². The van der Waals surface area contributed by atoms with E-state index in [1.165, 1.54) is 5.56 Å². The summed E-state index contributed by atoms with van der Waals surface area (Å²) in [6.07, 6.45) is 2.58. The summed E-state index contributed by atoms with van der Waals surface area (Å²) >= 11 is 3.48. The number of rotatable bonds is 3. The van der Waals surface area contributed by atoms with Crippen LogP contribution in [0, 0.1) is 0 Å². The van der Waals surface area contributed by atoms with Gasteiger partial charge in [-0.3, -0.25) is 0 Å². The predicted molar refractivity (Wildman–Crippen MR) is 65.1 cm³/mol. The molecule has 1 fully saturated rings. The van der Waals surface area contributed by atoms with Crippen LogP contribution in [-0.2, 0) is 11.2 Å². The first-order valence-electron chi connectivity index (χ1n) is 5.41. The lowest BCUT2D eigenvalue weighted by atomic mass is 10.1. The molecular formula is C12H16BrNO. The Morgan fingerprint density at radius 2 is 2.40 bits per heavy atom. The summed E-state index contributed by atoms with van der Waals surface area (Å²) in [7, 11) is 0. The zero-order chi connectivity index (χ0) is 10.5. The van der Waals surface area contributed by atoms with E-state index >= 15 is 0 Å². The maximum absolute atomic E-state index is 5.66. The second kappa shape index (κ2) is 5.64. The number of hydrogen-bond donors (Lipinski definition) is 1. The smallest absolute Gasteiger partial charge is 0.0703 e. The van der Waals surface area contributed by atoms with Crippen molar-refractivity contribution in [2.45, 2.75) is 18.9 Å². The third-order valence-corrected chi connectivity index (χ3v) is 3.14. The molecule has 1 aliphatic heterocycles. The fraction of sp³-hybridized carbons (Fsp3) is 0.500. The van der Waals surface area contributed by atoms with Crippen LogP contribution in [0.25, 0.3) is 0 Å². The second-order valence-electron chi connectivity index (χ2n) is 3.87. The van der Waals surface area contributed by atoms with Gasteiger partial charge >= 0.3 is 0 Å². The van der Waals surface area contributed by atoms with Gasteiger partial charge in [-0.1, -0.05) is 28.1 Å². The molecule has 1 atom stereocenters. The van der Waals surface area contributed by atoms with Crippen LogP contribution < -0.4 is 5.32 Å². The lowest BCUT2D eigenvalue weighted by Gasteiger charge is -2.23. The largest absolute Gasteiger partial charge is 0.376 e. The minimum absolute atomic E-state index is 0.387. The number of halogens is 1. The van der Waals surface area contributed by atoms with E-state index in [0.29, 0.717) is 6.10 Å². The number of benzene rings is 1. The average molecular weight is 270 g/mol. The van der Waals surface area contributed by atoms with Gasteiger partial charge in [-0.2, -0.15) is 0 Å². The molecule has 1 heterocycles. The molecule has 1 N–H and O–H groups in total. The van der Waals surface area contributed by atoms with E-state index in [0.717, 1.165) is 37.0 Å². The summed E-state index contributed by atoms with van der Waals surface area (Å²) in [5.41, 5.74) is 1.37. The van der Waals surface area contributed by atoms with Gasteiger partial charge in [0.05, 0.1) is 12.7 Å². The Balaban J connectivity index is 1.81. The predicted octanol–water partition coefficient (Wildman–Crippen LogP) is 2.37. The number of nitrogens with one attached hydrogen (secondary N) is 1. The molecule has 15 heavy (non-hydrogen) atoms. The van der Waals surface area contributed by atoms with Gasteiger partial charge in [0.15, 0.2) is 0 Å². The molecule has 0 aliphatic carbocycles. The average Bonchev–Trinajstić information content (AvgIpc) is 2.28. The topological polar surface area (TPSA) is 21.3 Å². The monoisotopic (exact) mass is 269 g/mol. The molecule has 0 amide bonds. The molecule has 0 bridgehead atoms. The quantitative estimate of drug-likeness (QED) is 0.910. The lowest BCUT2D eigenvalue weighted by molar-refractivity contribution is 0.0238. The van der Waals surface area contributed by atoms with Gasteiger partial charge in [-0.05, 0) is 30.5 Å². The zero-order valence-electron chi connectivity index (χ0n) is 8.71. The summed E-state index contributed by atoms with van der Waals surface area (Å²) in [4.78, 5) is 0. The van der Waals surface area contributed by atoms with Gasteiger partial charge in [0.2, 0.25) is 0 Å². The third-order valence-electron chi connectivity index (χ3n) is 2.65. The molecule has 2 nitrogen and oxygen atoms in total. The van der Waals surface area contributed by atoms with Crippen molar-refractivity contribution in [3.8, 4) is 0 Å². The second-order valence-corrected chi connectivity index (χ2v) is 4.78. The van der Waals surface area contributed by atoms with E-state index in [1.807, 2.05) is 0 Å². The Bertz CT molecular complexity index is 310. The van der Waals surface area contributed by atoms with Gasteiger partial charge in [-0.25, -0.2) is 0 Å². The van der Waals surface area contributed by atoms with Gasteiger partial charge in [0.25, 0.3) is 0 Å². The van der Waals surface area contributed by atoms with Crippen LogP contribution >= 0.6 is 15.9 Å². The van der Waals surface area contributed by atoms with Crippen molar-refractivity contribution in [1.29, 1.82) is 0 Å². The molecule has 1 saturated heterocycles. The first kappa shape index (κ1) is 11.1. The lowest BCUT2D eigenvalue weighted by Crippen LogP contribution is -2.38. The maximum Gasteiger partial charge on any atom is 0.0703 e. The Kier molecular flexibility index (Phi) is 4.18. The molecule has 1 aromatic carbocycles. The highest BCUT2D eigenvalue weighted by molar-refractivity contribution is 9.10. The number of ether oxygens (including phenoxy) is 1. The zero-order valence-corrected chi connectivity index (χ0v) is 10.3. The first-order chi connectivity index (χ1) is 7.34. The Morgan fingerprint density at radius 3 is 3.13 bits per heavy atom. The van der Waals surface area contributed by atoms with Crippen LogP contribution in [0.1, 0.15) is 12.0 Å². The Morgan fingerprint density at radius 1 is 1.47 bits per heavy atom. The normalized spacial score (nSPS) is 21.5. The van der Waals surface area contributed by atoms with Crippen molar-refractivity contribution >= 4 is 15.9 Å². The molecule has 0 spiro atoms. The van der Waals surface area contributed by atoms with Gasteiger partial charge < -0.3 is 10.1 Å². The van der Waals surface area contributed by atoms with Crippen LogP contribution in [0.5, 0.6) is 0 Å². The molecule has 2 rings (SSSR count). The van der Waals surface area contributed by atoms with Crippen molar-refractivity contribution in [3.63, 3.8) is 0 Å². The Labute approximate surface area is 99.1 Å². The van der Waals surface area contributed by atoms with Crippen LogP contribution in [-0.4, -0.2) is 25.8 Å². The van der Waals surface area contributed by atoms with Crippen LogP contribution in [0.4, 0.5) is 0 Å². The highest BCUT2D eigenvalue weighted by Crippen LogP contribution is 2.14. The van der Waals surface area contributed by atoms with E-state index in [1.54, 1.807) is 0 Å². The van der Waals surface area contributed by atoms with Crippen molar-refractivity contribution < 1.29 is 4.74 Å². The molecular weight excluding hydrogens is 254 g/mol. The van der Waals surface area contributed by atoms with E-state index in [-0.39, 0.29) is 0 Å². The summed E-state index contributed by atoms with van der Waals surface area (Å²) < 4.78 is 6.81. The molecule has 0 radical (unpaired) electrons. The first-order valence-corrected chi connectivity index (χ1v) is 6.20. The molecule has 0 saturated carbocycles. The van der Waals surface area contributed by atoms with E-state index < -0.39 is 0 Å². The number of morpholine rings is 1. The standard InChI is InChI=1S/C12H16BrNO/c13-11-3-1-2-10(8-11)4-5-12-9-14-6-7-15-12/h1-3,8,12,14H,4-7,9H2. The maximum atomic E-state index is 5.66. The minimum atomic E-state index is 0.387. The summed E-state index contributed by atoms with van der Waals surface area (Å²) in [5.74, 6) is 0. The van der Waals surface area contributed by atoms with Gasteiger partial charge in [0, 0.05) is 17.6 Å². The van der Waals surface area contributed by atoms with Gasteiger partial charge in [-0.15, -0.1) is 0 Å². The fourth-order valence-electron chi connectivity index (χ4n) is 1.83. The summed E-state index contributed by atoms with van der Waals surface area (Å²) in [6.45, 7) is 2.84. The van der Waals surface area contributed by atoms with Crippen molar-refractivity contribution in [3.05, 3.63) is 34.3 Å². The SMILES string of the molecule is Brc1cccc(CCC2CNCCO2)c1. The number of hydrogen-bond acceptors (Lipinski definition) is 2. The van der Waals surface area contributed by atoms with Crippen LogP contribution in [0.15, 0.2) is 28.7 Å². The molecule has 1 unspecified atom stereocenters. The molecule has 3 heteroatoms. The van der Waals surface area contributed by atoms with E-state index in [2.05, 4.69) is 45.5 Å². The highest BCUT2D eigenvalue weighted by atomic mass is 79.9.